The van der Waals surface area contributed by atoms with E-state index in [2.05, 4.69) is 0 Å². The summed E-state index contributed by atoms with van der Waals surface area (Å²) in [6.07, 6.45) is -4.67. The second-order valence-electron chi connectivity index (χ2n) is 4.46. The highest BCUT2D eigenvalue weighted by Crippen LogP contribution is 2.31. The van der Waals surface area contributed by atoms with Gasteiger partial charge in [0, 0.05) is 10.6 Å². The number of alkyl halides is 3. The van der Waals surface area contributed by atoms with E-state index in [9.17, 15) is 22.8 Å². The third kappa shape index (κ3) is 4.23. The lowest BCUT2D eigenvalue weighted by atomic mass is 10.1. The van der Waals surface area contributed by atoms with E-state index in [0.717, 1.165) is 12.1 Å². The number of rotatable bonds is 2. The van der Waals surface area contributed by atoms with Crippen molar-refractivity contribution >= 4 is 23.4 Å². The van der Waals surface area contributed by atoms with Gasteiger partial charge in [-0.15, -0.1) is 0 Å². The molecule has 0 radical (unpaired) electrons. The molecule has 0 spiro atoms. The first-order valence-corrected chi connectivity index (χ1v) is 6.69. The third-order valence-electron chi connectivity index (χ3n) is 2.87. The molecule has 23 heavy (non-hydrogen) atoms. The standard InChI is InChI=1S/C15H10ClF3N2O2/c16-10-7-5-9(6-8-10)13(22)20-21-14(23)11-3-1-2-4-12(11)15(17,18)19/h1-8H,(H,20,22)(H,21,23). The van der Waals surface area contributed by atoms with Gasteiger partial charge in [-0.3, -0.25) is 20.4 Å². The predicted octanol–water partition coefficient (Wildman–Crippen LogP) is 3.43. The molecule has 2 amide bonds. The minimum Gasteiger partial charge on any atom is -0.267 e. The minimum atomic E-state index is -4.67. The number of halogens is 4. The molecular formula is C15H10ClF3N2O2. The van der Waals surface area contributed by atoms with Crippen molar-refractivity contribution in [3.05, 3.63) is 70.2 Å². The summed E-state index contributed by atoms with van der Waals surface area (Å²) in [5, 5.41) is 0.421. The van der Waals surface area contributed by atoms with E-state index >= 15 is 0 Å². The van der Waals surface area contributed by atoms with Crippen LogP contribution in [0.4, 0.5) is 13.2 Å². The largest absolute Gasteiger partial charge is 0.417 e. The molecule has 0 fully saturated rings. The summed E-state index contributed by atoms with van der Waals surface area (Å²) in [4.78, 5) is 23.6. The fourth-order valence-electron chi connectivity index (χ4n) is 1.78. The van der Waals surface area contributed by atoms with Crippen LogP contribution in [0.5, 0.6) is 0 Å². The molecule has 4 nitrogen and oxygen atoms in total. The van der Waals surface area contributed by atoms with Crippen LogP contribution < -0.4 is 10.9 Å². The van der Waals surface area contributed by atoms with Crippen molar-refractivity contribution in [1.82, 2.24) is 10.9 Å². The van der Waals surface area contributed by atoms with E-state index < -0.39 is 29.1 Å². The lowest BCUT2D eigenvalue weighted by molar-refractivity contribution is -0.137. The van der Waals surface area contributed by atoms with Gasteiger partial charge in [-0.1, -0.05) is 23.7 Å². The number of amides is 2. The SMILES string of the molecule is O=C(NNC(=O)c1ccccc1C(F)(F)F)c1ccc(Cl)cc1. The van der Waals surface area contributed by atoms with Crippen LogP contribution in [-0.2, 0) is 6.18 Å². The average molecular weight is 343 g/mol. The van der Waals surface area contributed by atoms with Crippen molar-refractivity contribution < 1.29 is 22.8 Å². The smallest absolute Gasteiger partial charge is 0.267 e. The fraction of sp³-hybridized carbons (Fsp3) is 0.0667. The molecule has 0 unspecified atom stereocenters. The zero-order chi connectivity index (χ0) is 17.0. The maximum absolute atomic E-state index is 12.8. The summed E-state index contributed by atoms with van der Waals surface area (Å²) in [6, 6.07) is 10.0. The van der Waals surface area contributed by atoms with E-state index in [-0.39, 0.29) is 5.56 Å². The Morgan fingerprint density at radius 3 is 2.04 bits per heavy atom. The fourth-order valence-corrected chi connectivity index (χ4v) is 1.91. The molecule has 0 aromatic heterocycles. The Kier molecular flexibility index (Phi) is 4.90. The first-order chi connectivity index (χ1) is 10.8. The highest BCUT2D eigenvalue weighted by Gasteiger charge is 2.34. The Labute approximate surface area is 134 Å². The predicted molar refractivity (Wildman–Crippen MR) is 77.8 cm³/mol. The van der Waals surface area contributed by atoms with Gasteiger partial charge in [0.15, 0.2) is 0 Å². The Morgan fingerprint density at radius 2 is 1.43 bits per heavy atom. The molecule has 0 aliphatic carbocycles. The van der Waals surface area contributed by atoms with Gasteiger partial charge >= 0.3 is 6.18 Å². The lowest BCUT2D eigenvalue weighted by Gasteiger charge is -2.13. The van der Waals surface area contributed by atoms with Crippen LogP contribution in [0.1, 0.15) is 26.3 Å². The number of nitrogens with one attached hydrogen (secondary N) is 2. The van der Waals surface area contributed by atoms with E-state index in [4.69, 9.17) is 11.6 Å². The van der Waals surface area contributed by atoms with E-state index in [1.807, 2.05) is 10.9 Å². The molecule has 0 heterocycles. The summed E-state index contributed by atoms with van der Waals surface area (Å²) in [5.74, 6) is -1.75. The van der Waals surface area contributed by atoms with Crippen LogP contribution in [0.25, 0.3) is 0 Å². The van der Waals surface area contributed by atoms with Gasteiger partial charge in [0.05, 0.1) is 11.1 Å². The van der Waals surface area contributed by atoms with Gasteiger partial charge in [0.2, 0.25) is 0 Å². The number of hydrogen-bond acceptors (Lipinski definition) is 2. The minimum absolute atomic E-state index is 0.193. The van der Waals surface area contributed by atoms with Gasteiger partial charge in [-0.05, 0) is 36.4 Å². The van der Waals surface area contributed by atoms with Crippen molar-refractivity contribution in [3.8, 4) is 0 Å². The molecule has 0 saturated heterocycles. The Bertz CT molecular complexity index is 730. The Hall–Kier alpha value is -2.54. The summed E-state index contributed by atoms with van der Waals surface area (Å²) in [7, 11) is 0. The number of carbonyl (C=O) groups is 2. The summed E-state index contributed by atoms with van der Waals surface area (Å²) < 4.78 is 38.5. The normalized spacial score (nSPS) is 11.0. The summed E-state index contributed by atoms with van der Waals surface area (Å²) in [6.45, 7) is 0. The number of carbonyl (C=O) groups excluding carboxylic acids is 2. The van der Waals surface area contributed by atoms with Crippen LogP contribution in [-0.4, -0.2) is 11.8 Å². The Morgan fingerprint density at radius 1 is 0.870 bits per heavy atom. The maximum Gasteiger partial charge on any atom is 0.417 e. The second kappa shape index (κ2) is 6.70. The van der Waals surface area contributed by atoms with Gasteiger partial charge in [-0.2, -0.15) is 13.2 Å². The molecular weight excluding hydrogens is 333 g/mol. The van der Waals surface area contributed by atoms with Gasteiger partial charge in [0.25, 0.3) is 11.8 Å². The molecule has 120 valence electrons. The van der Waals surface area contributed by atoms with Crippen LogP contribution >= 0.6 is 11.6 Å². The first kappa shape index (κ1) is 16.8. The summed E-state index contributed by atoms with van der Waals surface area (Å²) in [5.41, 5.74) is 2.52. The van der Waals surface area contributed by atoms with Crippen LogP contribution in [0, 0.1) is 0 Å². The van der Waals surface area contributed by atoms with E-state index in [1.165, 1.54) is 36.4 Å². The lowest BCUT2D eigenvalue weighted by Crippen LogP contribution is -2.42. The topological polar surface area (TPSA) is 58.2 Å². The molecule has 2 aromatic carbocycles. The molecule has 0 saturated carbocycles. The second-order valence-corrected chi connectivity index (χ2v) is 4.89. The average Bonchev–Trinajstić information content (AvgIpc) is 2.52. The highest BCUT2D eigenvalue weighted by molar-refractivity contribution is 6.30. The zero-order valence-electron chi connectivity index (χ0n) is 11.4. The van der Waals surface area contributed by atoms with Crippen molar-refractivity contribution in [2.75, 3.05) is 0 Å². The molecule has 2 rings (SSSR count). The summed E-state index contributed by atoms with van der Waals surface area (Å²) >= 11 is 5.68. The first-order valence-electron chi connectivity index (χ1n) is 6.31. The van der Waals surface area contributed by atoms with Crippen LogP contribution in [0.2, 0.25) is 5.02 Å². The molecule has 0 atom stereocenters. The monoisotopic (exact) mass is 342 g/mol. The van der Waals surface area contributed by atoms with Crippen LogP contribution in [0.3, 0.4) is 0 Å². The quantitative estimate of drug-likeness (QED) is 0.821. The van der Waals surface area contributed by atoms with Gasteiger partial charge in [0.1, 0.15) is 0 Å². The van der Waals surface area contributed by atoms with Crippen molar-refractivity contribution in [3.63, 3.8) is 0 Å². The third-order valence-corrected chi connectivity index (χ3v) is 3.13. The Balaban J connectivity index is 2.09. The number of benzene rings is 2. The van der Waals surface area contributed by atoms with Crippen molar-refractivity contribution in [2.45, 2.75) is 6.18 Å². The number of hydrazine groups is 1. The van der Waals surface area contributed by atoms with Gasteiger partial charge in [-0.25, -0.2) is 0 Å². The molecule has 0 aliphatic rings. The molecule has 2 N–H and O–H groups in total. The van der Waals surface area contributed by atoms with Crippen molar-refractivity contribution in [2.24, 2.45) is 0 Å². The zero-order valence-corrected chi connectivity index (χ0v) is 12.2. The van der Waals surface area contributed by atoms with Crippen molar-refractivity contribution in [1.29, 1.82) is 0 Å². The molecule has 8 heteroatoms. The van der Waals surface area contributed by atoms with E-state index in [1.54, 1.807) is 0 Å². The van der Waals surface area contributed by atoms with E-state index in [0.29, 0.717) is 5.02 Å². The highest BCUT2D eigenvalue weighted by atomic mass is 35.5. The van der Waals surface area contributed by atoms with Crippen LogP contribution in [0.15, 0.2) is 48.5 Å². The molecule has 2 aromatic rings. The number of hydrogen-bond donors (Lipinski definition) is 2. The molecule has 0 bridgehead atoms. The van der Waals surface area contributed by atoms with Gasteiger partial charge < -0.3 is 0 Å². The molecule has 0 aliphatic heterocycles. The maximum atomic E-state index is 12.8.